The third kappa shape index (κ3) is 2.52. The summed E-state index contributed by atoms with van der Waals surface area (Å²) in [5.74, 6) is -0.568. The van der Waals surface area contributed by atoms with Crippen LogP contribution < -0.4 is 5.73 Å². The van der Waals surface area contributed by atoms with Crippen molar-refractivity contribution in [3.8, 4) is 0 Å². The highest BCUT2D eigenvalue weighted by molar-refractivity contribution is 7.89. The van der Waals surface area contributed by atoms with Gasteiger partial charge in [0.25, 0.3) is 10.0 Å². The smallest absolute Gasteiger partial charge is 0.263 e. The van der Waals surface area contributed by atoms with Gasteiger partial charge in [0.1, 0.15) is 0 Å². The third-order valence-corrected chi connectivity index (χ3v) is 4.93. The number of hydrogen-bond donors (Lipinski definition) is 1. The Morgan fingerprint density at radius 2 is 2.22 bits per heavy atom. The number of aromatic nitrogens is 1. The molecule has 1 saturated carbocycles. The molecule has 0 unspecified atom stereocenters. The largest absolute Gasteiger partial charge is 0.328 e. The van der Waals surface area contributed by atoms with E-state index in [1.807, 2.05) is 0 Å². The Morgan fingerprint density at radius 3 is 2.78 bits per heavy atom. The van der Waals surface area contributed by atoms with Crippen LogP contribution in [0.25, 0.3) is 0 Å². The highest BCUT2D eigenvalue weighted by Crippen LogP contribution is 2.27. The molecule has 0 radical (unpaired) electrons. The van der Waals surface area contributed by atoms with Crippen LogP contribution in [-0.2, 0) is 10.0 Å². The van der Waals surface area contributed by atoms with Gasteiger partial charge in [0, 0.05) is 25.8 Å². The Kier molecular flexibility index (Phi) is 3.65. The quantitative estimate of drug-likeness (QED) is 0.870. The molecular formula is C11H16FN3O2S. The number of nitrogens with two attached hydrogens (primary N) is 1. The van der Waals surface area contributed by atoms with Gasteiger partial charge in [-0.15, -0.1) is 0 Å². The van der Waals surface area contributed by atoms with Crippen LogP contribution in [0.5, 0.6) is 0 Å². The summed E-state index contributed by atoms with van der Waals surface area (Å²) in [6.45, 7) is 0.353. The number of nitrogens with zero attached hydrogens (tertiary/aromatic N) is 2. The van der Waals surface area contributed by atoms with E-state index in [9.17, 15) is 12.8 Å². The van der Waals surface area contributed by atoms with Gasteiger partial charge in [0.15, 0.2) is 5.82 Å². The van der Waals surface area contributed by atoms with E-state index >= 15 is 0 Å². The number of hydrogen-bond acceptors (Lipinski definition) is 4. The first-order valence-electron chi connectivity index (χ1n) is 5.73. The fourth-order valence-corrected chi connectivity index (χ4v) is 3.32. The molecule has 1 heterocycles. The van der Waals surface area contributed by atoms with E-state index in [0.29, 0.717) is 6.54 Å². The third-order valence-electron chi connectivity index (χ3n) is 3.17. The number of sulfonamides is 1. The topological polar surface area (TPSA) is 76.3 Å². The van der Waals surface area contributed by atoms with Crippen molar-refractivity contribution >= 4 is 10.0 Å². The van der Waals surface area contributed by atoms with E-state index in [4.69, 9.17) is 5.73 Å². The van der Waals surface area contributed by atoms with Crippen LogP contribution in [0, 0.1) is 11.7 Å². The lowest BCUT2D eigenvalue weighted by atomic mass is 9.81. The van der Waals surface area contributed by atoms with Crippen molar-refractivity contribution in [1.82, 2.24) is 9.29 Å². The molecule has 1 aliphatic carbocycles. The fourth-order valence-electron chi connectivity index (χ4n) is 2.11. The minimum Gasteiger partial charge on any atom is -0.328 e. The maximum Gasteiger partial charge on any atom is 0.263 e. The van der Waals surface area contributed by atoms with Gasteiger partial charge in [0.2, 0.25) is 5.03 Å². The second kappa shape index (κ2) is 4.91. The average Bonchev–Trinajstić information content (AvgIpc) is 2.27. The van der Waals surface area contributed by atoms with Crippen molar-refractivity contribution in [2.24, 2.45) is 11.7 Å². The Bertz CT molecular complexity index is 529. The SMILES string of the molecule is CN(CC1CC(N)C1)S(=O)(=O)c1ncccc1F. The fraction of sp³-hybridized carbons (Fsp3) is 0.545. The zero-order chi connectivity index (χ0) is 13.3. The van der Waals surface area contributed by atoms with Crippen molar-refractivity contribution in [1.29, 1.82) is 0 Å². The van der Waals surface area contributed by atoms with Crippen molar-refractivity contribution in [2.45, 2.75) is 23.9 Å². The van der Waals surface area contributed by atoms with E-state index in [1.54, 1.807) is 0 Å². The first-order chi connectivity index (χ1) is 8.41. The highest BCUT2D eigenvalue weighted by atomic mass is 32.2. The lowest BCUT2D eigenvalue weighted by Gasteiger charge is -2.34. The molecule has 18 heavy (non-hydrogen) atoms. The number of pyridine rings is 1. The molecule has 1 aliphatic rings. The molecule has 1 aromatic heterocycles. The molecule has 2 N–H and O–H groups in total. The molecule has 0 aliphatic heterocycles. The van der Waals surface area contributed by atoms with Crippen LogP contribution >= 0.6 is 0 Å². The average molecular weight is 273 g/mol. The van der Waals surface area contributed by atoms with E-state index in [0.717, 1.165) is 23.2 Å². The van der Waals surface area contributed by atoms with Crippen molar-refractivity contribution in [2.75, 3.05) is 13.6 Å². The first-order valence-corrected chi connectivity index (χ1v) is 7.17. The Labute approximate surface area is 106 Å². The van der Waals surface area contributed by atoms with Crippen LogP contribution in [-0.4, -0.2) is 37.3 Å². The summed E-state index contributed by atoms with van der Waals surface area (Å²) < 4.78 is 38.8. The number of rotatable bonds is 4. The van der Waals surface area contributed by atoms with Crippen molar-refractivity contribution in [3.63, 3.8) is 0 Å². The molecule has 100 valence electrons. The van der Waals surface area contributed by atoms with Crippen LogP contribution in [0.2, 0.25) is 0 Å². The Hall–Kier alpha value is -1.05. The molecule has 0 bridgehead atoms. The summed E-state index contributed by atoms with van der Waals surface area (Å²) in [4.78, 5) is 3.61. The number of halogens is 1. The minimum atomic E-state index is -3.85. The molecule has 0 amide bonds. The maximum atomic E-state index is 13.5. The second-order valence-electron chi connectivity index (χ2n) is 4.67. The van der Waals surface area contributed by atoms with Crippen LogP contribution in [0.1, 0.15) is 12.8 Å². The van der Waals surface area contributed by atoms with Gasteiger partial charge < -0.3 is 5.73 Å². The van der Waals surface area contributed by atoms with Crippen LogP contribution in [0.4, 0.5) is 4.39 Å². The molecule has 0 aromatic carbocycles. The minimum absolute atomic E-state index is 0.165. The van der Waals surface area contributed by atoms with Gasteiger partial charge in [0.05, 0.1) is 0 Å². The van der Waals surface area contributed by atoms with E-state index < -0.39 is 20.9 Å². The molecule has 7 heteroatoms. The van der Waals surface area contributed by atoms with Gasteiger partial charge >= 0.3 is 0 Å². The maximum absolute atomic E-state index is 13.5. The zero-order valence-corrected chi connectivity index (χ0v) is 10.9. The molecule has 0 atom stereocenters. The summed E-state index contributed by atoms with van der Waals surface area (Å²) in [5, 5.41) is -0.517. The van der Waals surface area contributed by atoms with E-state index in [2.05, 4.69) is 4.98 Å². The first kappa shape index (κ1) is 13.4. The zero-order valence-electron chi connectivity index (χ0n) is 10.1. The Morgan fingerprint density at radius 1 is 1.56 bits per heavy atom. The molecular weight excluding hydrogens is 257 g/mol. The van der Waals surface area contributed by atoms with Crippen LogP contribution in [0.15, 0.2) is 23.4 Å². The normalized spacial score (nSPS) is 24.0. The van der Waals surface area contributed by atoms with Crippen molar-refractivity contribution in [3.05, 3.63) is 24.1 Å². The lowest BCUT2D eigenvalue weighted by molar-refractivity contribution is 0.226. The molecule has 0 saturated heterocycles. The van der Waals surface area contributed by atoms with Gasteiger partial charge in [-0.25, -0.2) is 17.8 Å². The molecule has 2 rings (SSSR count). The van der Waals surface area contributed by atoms with Gasteiger partial charge in [-0.3, -0.25) is 0 Å². The lowest BCUT2D eigenvalue weighted by Crippen LogP contribution is -2.43. The summed E-state index contributed by atoms with van der Waals surface area (Å²) >= 11 is 0. The second-order valence-corrected chi connectivity index (χ2v) is 6.63. The molecule has 1 aromatic rings. The van der Waals surface area contributed by atoms with E-state index in [-0.39, 0.29) is 12.0 Å². The monoisotopic (exact) mass is 273 g/mol. The predicted octanol–water partition coefficient (Wildman–Crippen LogP) is 0.579. The van der Waals surface area contributed by atoms with Gasteiger partial charge in [-0.1, -0.05) is 0 Å². The summed E-state index contributed by atoms with van der Waals surface area (Å²) in [6, 6.07) is 2.62. The van der Waals surface area contributed by atoms with Crippen molar-refractivity contribution < 1.29 is 12.8 Å². The van der Waals surface area contributed by atoms with Crippen LogP contribution in [0.3, 0.4) is 0 Å². The standard InChI is InChI=1S/C11H16FN3O2S/c1-15(7-8-5-9(13)6-8)18(16,17)11-10(12)3-2-4-14-11/h2-4,8-9H,5-7,13H2,1H3. The summed E-state index contributed by atoms with van der Waals surface area (Å²) in [7, 11) is -2.41. The van der Waals surface area contributed by atoms with Gasteiger partial charge in [-0.05, 0) is 30.9 Å². The molecule has 5 nitrogen and oxygen atoms in total. The van der Waals surface area contributed by atoms with E-state index in [1.165, 1.54) is 19.3 Å². The summed E-state index contributed by atoms with van der Waals surface area (Å²) in [5.41, 5.74) is 5.65. The predicted molar refractivity (Wildman–Crippen MR) is 64.7 cm³/mol. The molecule has 1 fully saturated rings. The highest BCUT2D eigenvalue weighted by Gasteiger charge is 2.32. The Balaban J connectivity index is 2.13. The molecule has 0 spiro atoms. The van der Waals surface area contributed by atoms with Gasteiger partial charge in [-0.2, -0.15) is 4.31 Å². The summed E-state index contributed by atoms with van der Waals surface area (Å²) in [6.07, 6.45) is 2.89.